The van der Waals surface area contributed by atoms with E-state index in [0.717, 1.165) is 62.1 Å². The molecule has 27 heavy (non-hydrogen) atoms. The van der Waals surface area contributed by atoms with Gasteiger partial charge in [-0.3, -0.25) is 9.48 Å². The second-order valence-corrected chi connectivity index (χ2v) is 7.42. The maximum Gasteiger partial charge on any atom is 0.220 e. The van der Waals surface area contributed by atoms with Gasteiger partial charge in [-0.15, -0.1) is 0 Å². The second-order valence-electron chi connectivity index (χ2n) is 7.42. The summed E-state index contributed by atoms with van der Waals surface area (Å²) in [5.41, 5.74) is 2.17. The Morgan fingerprint density at radius 1 is 1.22 bits per heavy atom. The summed E-state index contributed by atoms with van der Waals surface area (Å²) < 4.78 is 1.76. The van der Waals surface area contributed by atoms with Gasteiger partial charge in [-0.25, -0.2) is 9.97 Å². The molecule has 7 nitrogen and oxygen atoms in total. The number of aromatic nitrogens is 5. The van der Waals surface area contributed by atoms with Crippen LogP contribution in [0.5, 0.6) is 0 Å². The van der Waals surface area contributed by atoms with E-state index < -0.39 is 0 Å². The standard InChI is InChI=1S/C20H26N6O/c27-19(6-3-11-26-14-21-13-23-26)22-12-15-7-9-16(10-8-15)20-24-17-4-1-2-5-18(17)25-20/h1-2,4-5,13-16H,3,6-12H2,(H,22,27)(H,24,25). The minimum Gasteiger partial charge on any atom is -0.356 e. The predicted molar refractivity (Wildman–Crippen MR) is 103 cm³/mol. The number of nitrogens with zero attached hydrogens (tertiary/aromatic N) is 4. The van der Waals surface area contributed by atoms with Crippen LogP contribution in [0.4, 0.5) is 0 Å². The number of para-hydroxylation sites is 2. The Bertz CT molecular complexity index is 831. The largest absolute Gasteiger partial charge is 0.356 e. The van der Waals surface area contributed by atoms with Crippen LogP contribution in [-0.2, 0) is 11.3 Å². The zero-order valence-corrected chi connectivity index (χ0v) is 15.5. The molecule has 1 fully saturated rings. The fourth-order valence-electron chi connectivity index (χ4n) is 3.90. The third-order valence-corrected chi connectivity index (χ3v) is 5.49. The molecule has 142 valence electrons. The smallest absolute Gasteiger partial charge is 0.220 e. The summed E-state index contributed by atoms with van der Waals surface area (Å²) in [5.74, 6) is 2.33. The zero-order valence-electron chi connectivity index (χ0n) is 15.5. The molecule has 2 aromatic heterocycles. The molecule has 4 rings (SSSR count). The minimum absolute atomic E-state index is 0.134. The fraction of sp³-hybridized carbons (Fsp3) is 0.500. The lowest BCUT2D eigenvalue weighted by atomic mass is 9.81. The number of nitrogens with one attached hydrogen (secondary N) is 2. The van der Waals surface area contributed by atoms with E-state index in [2.05, 4.69) is 32.5 Å². The highest BCUT2D eigenvalue weighted by Gasteiger charge is 2.24. The third-order valence-electron chi connectivity index (χ3n) is 5.49. The van der Waals surface area contributed by atoms with Crippen LogP contribution in [-0.4, -0.2) is 37.2 Å². The van der Waals surface area contributed by atoms with E-state index in [0.29, 0.717) is 18.3 Å². The Hall–Kier alpha value is -2.70. The van der Waals surface area contributed by atoms with Crippen molar-refractivity contribution in [3.05, 3.63) is 42.7 Å². The molecule has 1 aliphatic carbocycles. The van der Waals surface area contributed by atoms with E-state index in [9.17, 15) is 4.79 Å². The first-order valence-electron chi connectivity index (χ1n) is 9.81. The van der Waals surface area contributed by atoms with Gasteiger partial charge in [0.05, 0.1) is 11.0 Å². The van der Waals surface area contributed by atoms with Crippen molar-refractivity contribution < 1.29 is 4.79 Å². The van der Waals surface area contributed by atoms with Gasteiger partial charge in [-0.2, -0.15) is 5.10 Å². The van der Waals surface area contributed by atoms with Crippen molar-refractivity contribution in [2.45, 2.75) is 51.0 Å². The van der Waals surface area contributed by atoms with Gasteiger partial charge < -0.3 is 10.3 Å². The number of hydrogen-bond acceptors (Lipinski definition) is 4. The molecular weight excluding hydrogens is 340 g/mol. The first-order valence-corrected chi connectivity index (χ1v) is 9.81. The predicted octanol–water partition coefficient (Wildman–Crippen LogP) is 3.02. The summed E-state index contributed by atoms with van der Waals surface area (Å²) in [5, 5.41) is 7.15. The van der Waals surface area contributed by atoms with Crippen molar-refractivity contribution >= 4 is 16.9 Å². The lowest BCUT2D eigenvalue weighted by molar-refractivity contribution is -0.121. The molecule has 1 aliphatic rings. The third kappa shape index (κ3) is 4.53. The van der Waals surface area contributed by atoms with Gasteiger partial charge in [-0.05, 0) is 50.2 Å². The molecule has 1 aromatic carbocycles. The maximum atomic E-state index is 12.0. The first-order chi connectivity index (χ1) is 13.3. The molecule has 0 saturated heterocycles. The summed E-state index contributed by atoms with van der Waals surface area (Å²) in [6.07, 6.45) is 9.06. The van der Waals surface area contributed by atoms with Crippen LogP contribution >= 0.6 is 0 Å². The van der Waals surface area contributed by atoms with Gasteiger partial charge in [0.15, 0.2) is 0 Å². The van der Waals surface area contributed by atoms with Gasteiger partial charge in [0.2, 0.25) is 5.91 Å². The first kappa shape index (κ1) is 17.7. The Kier molecular flexibility index (Phi) is 5.46. The molecule has 1 amide bonds. The van der Waals surface area contributed by atoms with E-state index in [4.69, 9.17) is 4.98 Å². The van der Waals surface area contributed by atoms with Gasteiger partial charge in [0.25, 0.3) is 0 Å². The highest BCUT2D eigenvalue weighted by Crippen LogP contribution is 2.34. The highest BCUT2D eigenvalue weighted by molar-refractivity contribution is 5.76. The molecule has 0 radical (unpaired) electrons. The van der Waals surface area contributed by atoms with Crippen molar-refractivity contribution in [1.82, 2.24) is 30.0 Å². The normalized spacial score (nSPS) is 20.0. The molecule has 0 bridgehead atoms. The van der Waals surface area contributed by atoms with E-state index in [-0.39, 0.29) is 5.91 Å². The average Bonchev–Trinajstić information content (AvgIpc) is 3.36. The van der Waals surface area contributed by atoms with Crippen LogP contribution in [0.15, 0.2) is 36.9 Å². The van der Waals surface area contributed by atoms with Crippen molar-refractivity contribution in [2.75, 3.05) is 6.54 Å². The molecule has 2 N–H and O–H groups in total. The number of amides is 1. The number of H-pyrrole nitrogens is 1. The number of aryl methyl sites for hydroxylation is 1. The van der Waals surface area contributed by atoms with Crippen LogP contribution in [0, 0.1) is 5.92 Å². The number of aromatic amines is 1. The van der Waals surface area contributed by atoms with Crippen molar-refractivity contribution in [3.63, 3.8) is 0 Å². The minimum atomic E-state index is 0.134. The molecular formula is C20H26N6O. The highest BCUT2D eigenvalue weighted by atomic mass is 16.1. The molecule has 0 spiro atoms. The number of carbonyl (C=O) groups is 1. The second kappa shape index (κ2) is 8.33. The fourth-order valence-corrected chi connectivity index (χ4v) is 3.90. The summed E-state index contributed by atoms with van der Waals surface area (Å²) in [6, 6.07) is 8.20. The molecule has 7 heteroatoms. The Balaban J connectivity index is 1.17. The number of hydrogen-bond donors (Lipinski definition) is 2. The van der Waals surface area contributed by atoms with Crippen LogP contribution < -0.4 is 5.32 Å². The van der Waals surface area contributed by atoms with Gasteiger partial charge in [0, 0.05) is 25.4 Å². The summed E-state index contributed by atoms with van der Waals surface area (Å²) >= 11 is 0. The van der Waals surface area contributed by atoms with Gasteiger partial charge in [-0.1, -0.05) is 12.1 Å². The van der Waals surface area contributed by atoms with Crippen LogP contribution in [0.3, 0.4) is 0 Å². The molecule has 0 atom stereocenters. The Morgan fingerprint density at radius 2 is 2.07 bits per heavy atom. The van der Waals surface area contributed by atoms with Crippen LogP contribution in [0.25, 0.3) is 11.0 Å². The van der Waals surface area contributed by atoms with Gasteiger partial charge >= 0.3 is 0 Å². The Morgan fingerprint density at radius 3 is 2.85 bits per heavy atom. The van der Waals surface area contributed by atoms with Crippen molar-refractivity contribution in [2.24, 2.45) is 5.92 Å². The summed E-state index contributed by atoms with van der Waals surface area (Å²) in [6.45, 7) is 1.52. The number of carbonyl (C=O) groups excluding carboxylic acids is 1. The average molecular weight is 366 g/mol. The number of benzene rings is 1. The van der Waals surface area contributed by atoms with Crippen molar-refractivity contribution in [3.8, 4) is 0 Å². The van der Waals surface area contributed by atoms with Crippen LogP contribution in [0.1, 0.15) is 50.3 Å². The van der Waals surface area contributed by atoms with E-state index in [1.54, 1.807) is 11.0 Å². The lowest BCUT2D eigenvalue weighted by Crippen LogP contribution is -2.31. The van der Waals surface area contributed by atoms with E-state index in [1.807, 2.05) is 12.1 Å². The molecule has 1 saturated carbocycles. The SMILES string of the molecule is O=C(CCCn1cncn1)NCC1CCC(c2nc3ccccc3[nH]2)CC1. The summed E-state index contributed by atoms with van der Waals surface area (Å²) in [7, 11) is 0. The van der Waals surface area contributed by atoms with Crippen molar-refractivity contribution in [1.29, 1.82) is 0 Å². The number of rotatable bonds is 7. The quantitative estimate of drug-likeness (QED) is 0.673. The molecule has 3 aromatic rings. The summed E-state index contributed by atoms with van der Waals surface area (Å²) in [4.78, 5) is 24.2. The zero-order chi connectivity index (χ0) is 18.5. The monoisotopic (exact) mass is 366 g/mol. The van der Waals surface area contributed by atoms with E-state index in [1.165, 1.54) is 6.33 Å². The molecule has 0 unspecified atom stereocenters. The Labute approximate surface area is 158 Å². The van der Waals surface area contributed by atoms with Crippen LogP contribution in [0.2, 0.25) is 0 Å². The van der Waals surface area contributed by atoms with Gasteiger partial charge in [0.1, 0.15) is 18.5 Å². The topological polar surface area (TPSA) is 88.5 Å². The lowest BCUT2D eigenvalue weighted by Gasteiger charge is -2.27. The molecule has 0 aliphatic heterocycles. The molecule has 2 heterocycles. The number of fused-ring (bicyclic) bond motifs is 1. The van der Waals surface area contributed by atoms with E-state index >= 15 is 0 Å². The number of imidazole rings is 1. The maximum absolute atomic E-state index is 12.0.